The molecule has 35 heavy (non-hydrogen) atoms. The van der Waals surface area contributed by atoms with Gasteiger partial charge in [0.05, 0.1) is 12.8 Å². The molecule has 16 heteroatoms. The molecule has 0 saturated carbocycles. The second-order valence-corrected chi connectivity index (χ2v) is 6.95. The number of methoxy groups -OCH3 is 1. The first-order valence-electron chi connectivity index (χ1n) is 9.36. The van der Waals surface area contributed by atoms with E-state index < -0.39 is 40.0 Å². The van der Waals surface area contributed by atoms with Crippen molar-refractivity contribution in [2.45, 2.75) is 6.54 Å². The zero-order valence-electron chi connectivity index (χ0n) is 17.6. The number of fused-ring (bicyclic) bond motifs is 1. The summed E-state index contributed by atoms with van der Waals surface area (Å²) in [7, 11) is 1.13. The van der Waals surface area contributed by atoms with Crippen molar-refractivity contribution in [3.05, 3.63) is 78.0 Å². The van der Waals surface area contributed by atoms with Gasteiger partial charge in [-0.2, -0.15) is 4.98 Å². The fourth-order valence-electron chi connectivity index (χ4n) is 2.78. The molecule has 182 valence electrons. The summed E-state index contributed by atoms with van der Waals surface area (Å²) in [6.07, 6.45) is 0. The van der Waals surface area contributed by atoms with Crippen LogP contribution >= 0.6 is 11.8 Å². The van der Waals surface area contributed by atoms with E-state index in [2.05, 4.69) is 30.0 Å². The average molecular weight is 508 g/mol. The number of carboxylic acid groups (broad SMARTS) is 1. The molecule has 4 aromatic rings. The highest BCUT2D eigenvalue weighted by atomic mass is 35.5. The fraction of sp³-hybridized carbons (Fsp3) is 0.105. The third kappa shape index (κ3) is 5.15. The summed E-state index contributed by atoms with van der Waals surface area (Å²) in [6, 6.07) is 5.23. The highest BCUT2D eigenvalue weighted by Crippen LogP contribution is 2.22. The Hall–Kier alpha value is -4.63. The molecule has 2 heterocycles. The van der Waals surface area contributed by atoms with Gasteiger partial charge in [0.1, 0.15) is 17.2 Å². The Kier molecular flexibility index (Phi) is 7.22. The van der Waals surface area contributed by atoms with E-state index in [1.807, 2.05) is 0 Å². The van der Waals surface area contributed by atoms with Gasteiger partial charge in [-0.15, -0.1) is 0 Å². The Bertz CT molecular complexity index is 1570. The van der Waals surface area contributed by atoms with E-state index in [0.717, 1.165) is 17.7 Å². The number of hydrogen-bond donors (Lipinski definition) is 5. The van der Waals surface area contributed by atoms with Crippen LogP contribution in [-0.2, 0) is 11.3 Å². The second kappa shape index (κ2) is 10.1. The largest absolute Gasteiger partial charge is 0.477 e. The average Bonchev–Trinajstić information content (AvgIpc) is 3.23. The van der Waals surface area contributed by atoms with Crippen LogP contribution in [0.5, 0.6) is 0 Å². The number of aromatic nitrogens is 4. The molecule has 0 bridgehead atoms. The molecule has 0 aliphatic rings. The second-order valence-electron chi connectivity index (χ2n) is 6.68. The minimum atomic E-state index is -1.34. The Balaban J connectivity index is 0.000000196. The van der Waals surface area contributed by atoms with E-state index in [9.17, 15) is 28.4 Å². The molecule has 6 N–H and O–H groups in total. The molecule has 0 amide bonds. The number of benzene rings is 1. The van der Waals surface area contributed by atoms with Crippen molar-refractivity contribution in [1.82, 2.24) is 24.4 Å². The van der Waals surface area contributed by atoms with Gasteiger partial charge in [0.25, 0.3) is 16.6 Å². The Morgan fingerprint density at radius 2 is 1.94 bits per heavy atom. The molecule has 0 aliphatic carbocycles. The lowest BCUT2D eigenvalue weighted by molar-refractivity contribution is 0.0590. The van der Waals surface area contributed by atoms with Crippen molar-refractivity contribution in [1.29, 1.82) is 0 Å². The van der Waals surface area contributed by atoms with Crippen LogP contribution in [0, 0.1) is 5.82 Å². The number of nitrogen functional groups attached to an aromatic ring is 1. The van der Waals surface area contributed by atoms with Gasteiger partial charge < -0.3 is 20.9 Å². The number of nitrogens with one attached hydrogen (secondary N) is 3. The zero-order chi connectivity index (χ0) is 25.9. The Morgan fingerprint density at radius 3 is 2.54 bits per heavy atom. The van der Waals surface area contributed by atoms with Gasteiger partial charge >= 0.3 is 17.6 Å². The van der Waals surface area contributed by atoms with Crippen molar-refractivity contribution < 1.29 is 23.8 Å². The molecule has 2 aromatic carbocycles. The number of anilines is 3. The molecule has 2 aromatic heterocycles. The van der Waals surface area contributed by atoms with Crippen LogP contribution in [0.1, 0.15) is 26.5 Å². The van der Waals surface area contributed by atoms with Crippen LogP contribution in [0.15, 0.2) is 38.6 Å². The molecule has 0 fully saturated rings. The van der Waals surface area contributed by atoms with E-state index in [0.29, 0.717) is 12.1 Å². The molecule has 4 rings (SSSR count). The van der Waals surface area contributed by atoms with Gasteiger partial charge in [-0.05, 0) is 29.5 Å². The van der Waals surface area contributed by atoms with Gasteiger partial charge in [0.2, 0.25) is 0 Å². The van der Waals surface area contributed by atoms with E-state index in [4.69, 9.17) is 22.6 Å². The van der Waals surface area contributed by atoms with E-state index in [1.165, 1.54) is 12.1 Å². The van der Waals surface area contributed by atoms with Crippen LogP contribution in [0.3, 0.4) is 0 Å². The molecular weight excluding hydrogens is 493 g/mol. The lowest BCUT2D eigenvalue weighted by Crippen LogP contribution is -2.36. The highest BCUT2D eigenvalue weighted by molar-refractivity contribution is 6.13. The number of halogens is 2. The van der Waals surface area contributed by atoms with Crippen LogP contribution in [0.2, 0.25) is 0 Å². The number of carboxylic acids is 1. The molecule has 0 saturated heterocycles. The summed E-state index contributed by atoms with van der Waals surface area (Å²) in [4.78, 5) is 64.7. The van der Waals surface area contributed by atoms with Crippen LogP contribution < -0.4 is 32.4 Å². The lowest BCUT2D eigenvalue weighted by atomic mass is 10.1. The van der Waals surface area contributed by atoms with E-state index >= 15 is 0 Å². The SMILES string of the molecule is COC(=O)c1cc(C(=O)O)nc2nc(=O)[nH]n12.Nc1c(Nc2cc(CNCl)ccc2F)c(=O)c1=O. The fourth-order valence-corrected chi connectivity index (χ4v) is 2.93. The monoisotopic (exact) mass is 507 g/mol. The number of carbonyl (C=O) groups excluding carboxylic acids is 1. The minimum absolute atomic E-state index is 0.0678. The topological polar surface area (TPSA) is 211 Å². The van der Waals surface area contributed by atoms with Gasteiger partial charge in [-0.25, -0.2) is 38.2 Å². The molecule has 0 spiro atoms. The smallest absolute Gasteiger partial charge is 0.363 e. The number of carbonyl (C=O) groups is 2. The van der Waals surface area contributed by atoms with E-state index in [-0.39, 0.29) is 28.5 Å². The summed E-state index contributed by atoms with van der Waals surface area (Å²) in [6.45, 7) is 0.331. The standard InChI is InChI=1S/C11H9ClFN3O2.C8H6N4O5/c12-15-4-5-1-2-6(13)7(3-5)16-9-8(14)10(17)11(9)18;1-17-6(15)4-2-3(5(13)14)9-7-10-8(16)11-12(4)7/h1-3,15-16H,4,14H2;2H,1H3,(H,11,16)(H,13,14). The molecule has 0 atom stereocenters. The van der Waals surface area contributed by atoms with Crippen molar-refractivity contribution in [2.75, 3.05) is 18.2 Å². The number of aromatic amines is 1. The molecule has 0 aliphatic heterocycles. The number of hydrogen-bond acceptors (Lipinski definition) is 11. The van der Waals surface area contributed by atoms with E-state index in [1.54, 1.807) is 6.07 Å². The number of H-pyrrole nitrogens is 1. The number of esters is 1. The summed E-state index contributed by atoms with van der Waals surface area (Å²) < 4.78 is 18.9. The maximum Gasteiger partial charge on any atom is 0.363 e. The maximum absolute atomic E-state index is 13.5. The normalized spacial score (nSPS) is 10.6. The molecule has 14 nitrogen and oxygen atoms in total. The zero-order valence-corrected chi connectivity index (χ0v) is 18.3. The maximum atomic E-state index is 13.5. The Morgan fingerprint density at radius 1 is 1.23 bits per heavy atom. The van der Waals surface area contributed by atoms with Gasteiger partial charge in [0, 0.05) is 12.6 Å². The number of nitrogens with zero attached hydrogens (tertiary/aromatic N) is 3. The summed E-state index contributed by atoms with van der Waals surface area (Å²) in [5, 5.41) is 13.5. The number of rotatable bonds is 6. The van der Waals surface area contributed by atoms with Crippen molar-refractivity contribution in [2.24, 2.45) is 0 Å². The lowest BCUT2D eigenvalue weighted by Gasteiger charge is -2.11. The summed E-state index contributed by atoms with van der Waals surface area (Å²) in [5.74, 6) is -2.92. The minimum Gasteiger partial charge on any atom is -0.477 e. The predicted octanol–water partition coefficient (Wildman–Crippen LogP) is -0.107. The first-order valence-corrected chi connectivity index (χ1v) is 9.74. The number of ether oxygens (including phenoxy) is 1. The van der Waals surface area contributed by atoms with Crippen LogP contribution in [0.4, 0.5) is 21.5 Å². The third-order valence-corrected chi connectivity index (χ3v) is 4.60. The number of nitrogens with two attached hydrogens (primary N) is 1. The van der Waals surface area contributed by atoms with Gasteiger partial charge in [-0.3, -0.25) is 9.59 Å². The third-order valence-electron chi connectivity index (χ3n) is 4.47. The highest BCUT2D eigenvalue weighted by Gasteiger charge is 2.19. The van der Waals surface area contributed by atoms with Crippen molar-refractivity contribution >= 4 is 46.6 Å². The number of aromatic carboxylic acids is 1. The summed E-state index contributed by atoms with van der Waals surface area (Å²) in [5.41, 5.74) is 3.05. The quantitative estimate of drug-likeness (QED) is 0.131. The van der Waals surface area contributed by atoms with Crippen LogP contribution in [0.25, 0.3) is 5.78 Å². The summed E-state index contributed by atoms with van der Waals surface area (Å²) >= 11 is 5.35. The molecule has 0 radical (unpaired) electrons. The van der Waals surface area contributed by atoms with Crippen molar-refractivity contribution in [3.8, 4) is 0 Å². The van der Waals surface area contributed by atoms with Crippen LogP contribution in [-0.4, -0.2) is 43.7 Å². The van der Waals surface area contributed by atoms with Gasteiger partial charge in [0.15, 0.2) is 11.4 Å². The Labute approximate surface area is 197 Å². The first-order chi connectivity index (χ1) is 16.6. The first kappa shape index (κ1) is 25.0. The van der Waals surface area contributed by atoms with Crippen molar-refractivity contribution in [3.63, 3.8) is 0 Å². The molecule has 0 unspecified atom stereocenters. The van der Waals surface area contributed by atoms with Gasteiger partial charge in [-0.1, -0.05) is 6.07 Å². The molecular formula is C19H15ClFN7O7. The predicted molar refractivity (Wildman–Crippen MR) is 120 cm³/mol.